The molecule has 0 aliphatic carbocycles. The Kier molecular flexibility index (Phi) is 6.04. The zero-order chi connectivity index (χ0) is 16.9. The largest absolute Gasteiger partial charge is 0.421 e. The standard InChI is InChI=1S/C19H25O3P/c1-4-10-16-11-7-8-14-19(16)23(20,21)22-18-13-9-12-15(5-2)17(18)6-3/h7-9,11-14H,4-6,10H2,1-3H3,(H,20,21). The summed E-state index contributed by atoms with van der Waals surface area (Å²) in [4.78, 5) is 10.6. The predicted octanol–water partition coefficient (Wildman–Crippen LogP) is 4.65. The van der Waals surface area contributed by atoms with E-state index in [4.69, 9.17) is 4.52 Å². The van der Waals surface area contributed by atoms with Crippen LogP contribution in [0, 0.1) is 0 Å². The minimum atomic E-state index is -3.90. The van der Waals surface area contributed by atoms with Crippen LogP contribution in [0.5, 0.6) is 5.75 Å². The first-order valence-electron chi connectivity index (χ1n) is 8.25. The van der Waals surface area contributed by atoms with Crippen molar-refractivity contribution in [1.29, 1.82) is 0 Å². The van der Waals surface area contributed by atoms with Crippen molar-refractivity contribution in [3.8, 4) is 5.75 Å². The van der Waals surface area contributed by atoms with Gasteiger partial charge in [-0.05, 0) is 48.1 Å². The van der Waals surface area contributed by atoms with Gasteiger partial charge in [-0.3, -0.25) is 0 Å². The summed E-state index contributed by atoms with van der Waals surface area (Å²) in [6.07, 6.45) is 3.33. The van der Waals surface area contributed by atoms with Gasteiger partial charge in [-0.1, -0.05) is 57.5 Å². The summed E-state index contributed by atoms with van der Waals surface area (Å²) in [5.74, 6) is 0.518. The van der Waals surface area contributed by atoms with E-state index in [9.17, 15) is 9.46 Å². The van der Waals surface area contributed by atoms with E-state index in [1.54, 1.807) is 18.2 Å². The summed E-state index contributed by atoms with van der Waals surface area (Å²) >= 11 is 0. The van der Waals surface area contributed by atoms with Crippen LogP contribution in [0.15, 0.2) is 42.5 Å². The van der Waals surface area contributed by atoms with Gasteiger partial charge in [0.05, 0.1) is 5.30 Å². The van der Waals surface area contributed by atoms with Gasteiger partial charge in [0, 0.05) is 0 Å². The van der Waals surface area contributed by atoms with Crippen molar-refractivity contribution in [2.75, 3.05) is 0 Å². The lowest BCUT2D eigenvalue weighted by atomic mass is 10.0. The van der Waals surface area contributed by atoms with Gasteiger partial charge in [0.2, 0.25) is 0 Å². The second kappa shape index (κ2) is 7.81. The molecule has 3 nitrogen and oxygen atoms in total. The molecule has 23 heavy (non-hydrogen) atoms. The monoisotopic (exact) mass is 332 g/mol. The highest BCUT2D eigenvalue weighted by Gasteiger charge is 2.28. The minimum Gasteiger partial charge on any atom is -0.421 e. The lowest BCUT2D eigenvalue weighted by molar-refractivity contribution is 0.391. The van der Waals surface area contributed by atoms with Crippen molar-refractivity contribution in [2.45, 2.75) is 46.5 Å². The fourth-order valence-electron chi connectivity index (χ4n) is 2.88. The first-order chi connectivity index (χ1) is 11.0. The van der Waals surface area contributed by atoms with E-state index in [-0.39, 0.29) is 0 Å². The quantitative estimate of drug-likeness (QED) is 0.751. The molecule has 2 rings (SSSR count). The van der Waals surface area contributed by atoms with Gasteiger partial charge < -0.3 is 9.42 Å². The van der Waals surface area contributed by atoms with Crippen molar-refractivity contribution < 1.29 is 14.0 Å². The van der Waals surface area contributed by atoms with Gasteiger partial charge >= 0.3 is 7.60 Å². The smallest absolute Gasteiger partial charge is 0.408 e. The maximum absolute atomic E-state index is 12.9. The summed E-state index contributed by atoms with van der Waals surface area (Å²) < 4.78 is 18.5. The van der Waals surface area contributed by atoms with E-state index < -0.39 is 7.60 Å². The fourth-order valence-corrected chi connectivity index (χ4v) is 4.24. The normalized spacial score (nSPS) is 13.6. The molecule has 1 atom stereocenters. The Hall–Kier alpha value is -1.57. The van der Waals surface area contributed by atoms with Crippen molar-refractivity contribution in [3.63, 3.8) is 0 Å². The van der Waals surface area contributed by atoms with E-state index in [2.05, 4.69) is 13.8 Å². The van der Waals surface area contributed by atoms with Crippen LogP contribution in [0.2, 0.25) is 0 Å². The van der Waals surface area contributed by atoms with E-state index in [0.717, 1.165) is 42.4 Å². The number of aryl methyl sites for hydroxylation is 2. The van der Waals surface area contributed by atoms with Crippen LogP contribution >= 0.6 is 7.60 Å². The van der Waals surface area contributed by atoms with Gasteiger partial charge in [0.15, 0.2) is 0 Å². The maximum Gasteiger partial charge on any atom is 0.408 e. The molecular formula is C19H25O3P. The van der Waals surface area contributed by atoms with Crippen LogP contribution in [0.3, 0.4) is 0 Å². The third-order valence-corrected chi connectivity index (χ3v) is 5.49. The molecule has 124 valence electrons. The number of hydrogen-bond donors (Lipinski definition) is 1. The van der Waals surface area contributed by atoms with Crippen LogP contribution in [-0.2, 0) is 23.8 Å². The first-order valence-corrected chi connectivity index (χ1v) is 9.82. The highest BCUT2D eigenvalue weighted by molar-refractivity contribution is 7.61. The summed E-state index contributed by atoms with van der Waals surface area (Å²) in [6, 6.07) is 13.0. The average molecular weight is 332 g/mol. The molecular weight excluding hydrogens is 307 g/mol. The number of hydrogen-bond acceptors (Lipinski definition) is 2. The van der Waals surface area contributed by atoms with Crippen LogP contribution in [0.1, 0.15) is 43.9 Å². The van der Waals surface area contributed by atoms with E-state index in [1.165, 1.54) is 0 Å². The third kappa shape index (κ3) is 4.04. The first kappa shape index (κ1) is 17.8. The maximum atomic E-state index is 12.9. The lowest BCUT2D eigenvalue weighted by Gasteiger charge is -2.19. The van der Waals surface area contributed by atoms with Crippen molar-refractivity contribution in [3.05, 3.63) is 59.2 Å². The molecule has 2 aromatic rings. The Morgan fingerprint density at radius 2 is 1.65 bits per heavy atom. The molecule has 4 heteroatoms. The molecule has 0 radical (unpaired) electrons. The van der Waals surface area contributed by atoms with Gasteiger partial charge in [-0.25, -0.2) is 4.57 Å². The van der Waals surface area contributed by atoms with Crippen molar-refractivity contribution in [2.24, 2.45) is 0 Å². The second-order valence-corrected chi connectivity index (χ2v) is 7.30. The summed E-state index contributed by atoms with van der Waals surface area (Å²) in [5, 5.41) is 0.408. The molecule has 0 bridgehead atoms. The molecule has 1 N–H and O–H groups in total. The molecule has 0 aromatic heterocycles. The predicted molar refractivity (Wildman–Crippen MR) is 95.7 cm³/mol. The fraction of sp³-hybridized carbons (Fsp3) is 0.368. The van der Waals surface area contributed by atoms with Gasteiger partial charge in [0.1, 0.15) is 5.75 Å². The molecule has 1 unspecified atom stereocenters. The molecule has 0 heterocycles. The molecule has 0 spiro atoms. The Morgan fingerprint density at radius 3 is 2.30 bits per heavy atom. The van der Waals surface area contributed by atoms with Crippen LogP contribution in [0.25, 0.3) is 0 Å². The third-order valence-electron chi connectivity index (χ3n) is 4.00. The summed E-state index contributed by atoms with van der Waals surface area (Å²) in [5.41, 5.74) is 3.05. The number of benzene rings is 2. The Labute approximate surface area is 138 Å². The SMILES string of the molecule is CCCc1ccccc1P(=O)(O)Oc1cccc(CC)c1CC. The van der Waals surface area contributed by atoms with Gasteiger partial charge in [0.25, 0.3) is 0 Å². The Balaban J connectivity index is 2.41. The minimum absolute atomic E-state index is 0.408. The van der Waals surface area contributed by atoms with Gasteiger partial charge in [-0.2, -0.15) is 0 Å². The highest BCUT2D eigenvalue weighted by atomic mass is 31.2. The Bertz CT molecular complexity index is 710. The van der Waals surface area contributed by atoms with Gasteiger partial charge in [-0.15, -0.1) is 0 Å². The topological polar surface area (TPSA) is 46.5 Å². The van der Waals surface area contributed by atoms with E-state index in [0.29, 0.717) is 11.1 Å². The zero-order valence-corrected chi connectivity index (χ0v) is 15.0. The molecule has 0 aliphatic heterocycles. The van der Waals surface area contributed by atoms with Crippen LogP contribution in [0.4, 0.5) is 0 Å². The Morgan fingerprint density at radius 1 is 0.957 bits per heavy atom. The summed E-state index contributed by atoms with van der Waals surface area (Å²) in [7, 11) is -3.90. The zero-order valence-electron chi connectivity index (χ0n) is 14.1. The molecule has 0 saturated heterocycles. The van der Waals surface area contributed by atoms with Crippen LogP contribution < -0.4 is 9.83 Å². The average Bonchev–Trinajstić information content (AvgIpc) is 2.55. The molecule has 0 amide bonds. The molecule has 0 fully saturated rings. The lowest BCUT2D eigenvalue weighted by Crippen LogP contribution is -2.15. The molecule has 0 saturated carbocycles. The number of rotatable bonds is 7. The summed E-state index contributed by atoms with van der Waals surface area (Å²) in [6.45, 7) is 6.17. The van der Waals surface area contributed by atoms with E-state index >= 15 is 0 Å². The van der Waals surface area contributed by atoms with Crippen molar-refractivity contribution in [1.82, 2.24) is 0 Å². The second-order valence-electron chi connectivity index (χ2n) is 5.59. The molecule has 2 aromatic carbocycles. The highest BCUT2D eigenvalue weighted by Crippen LogP contribution is 2.44. The van der Waals surface area contributed by atoms with E-state index in [1.807, 2.05) is 31.2 Å². The van der Waals surface area contributed by atoms with Crippen molar-refractivity contribution >= 4 is 12.9 Å². The molecule has 0 aliphatic rings. The van der Waals surface area contributed by atoms with Crippen LogP contribution in [-0.4, -0.2) is 4.89 Å².